The number of rotatable bonds is 8. The molecule has 1 amide bonds. The molecule has 1 heterocycles. The summed E-state index contributed by atoms with van der Waals surface area (Å²) in [7, 11) is -3.79. The van der Waals surface area contributed by atoms with Gasteiger partial charge in [-0.15, -0.1) is 11.3 Å². The van der Waals surface area contributed by atoms with Crippen LogP contribution in [0.15, 0.2) is 106 Å². The van der Waals surface area contributed by atoms with Gasteiger partial charge in [-0.25, -0.2) is 8.42 Å². The summed E-state index contributed by atoms with van der Waals surface area (Å²) < 4.78 is 29.7. The van der Waals surface area contributed by atoms with Crippen molar-refractivity contribution < 1.29 is 18.0 Å². The minimum atomic E-state index is -3.79. The minimum Gasteiger partial charge on any atom is -0.321 e. The van der Waals surface area contributed by atoms with Crippen LogP contribution in [0.5, 0.6) is 0 Å². The molecular formula is C30H22BrClN2O4S2. The van der Waals surface area contributed by atoms with Crippen molar-refractivity contribution in [3.8, 4) is 0 Å². The van der Waals surface area contributed by atoms with Crippen molar-refractivity contribution in [2.45, 2.75) is 11.8 Å². The molecule has 0 atom stereocenters. The van der Waals surface area contributed by atoms with Gasteiger partial charge in [0.15, 0.2) is 5.78 Å². The van der Waals surface area contributed by atoms with Crippen LogP contribution in [0.1, 0.15) is 32.5 Å². The third-order valence-corrected chi connectivity index (χ3v) is 10.0. The Kier molecular flexibility index (Phi) is 8.09. The zero-order valence-electron chi connectivity index (χ0n) is 21.1. The Morgan fingerprint density at radius 1 is 0.925 bits per heavy atom. The van der Waals surface area contributed by atoms with Gasteiger partial charge in [0.2, 0.25) is 0 Å². The van der Waals surface area contributed by atoms with Gasteiger partial charge in [0.05, 0.1) is 21.1 Å². The maximum Gasteiger partial charge on any atom is 0.265 e. The van der Waals surface area contributed by atoms with Crippen LogP contribution in [0.2, 0.25) is 5.02 Å². The zero-order valence-corrected chi connectivity index (χ0v) is 25.1. The van der Waals surface area contributed by atoms with E-state index in [9.17, 15) is 18.0 Å². The lowest BCUT2D eigenvalue weighted by atomic mass is 10.0. The molecule has 0 radical (unpaired) electrons. The number of hydrogen-bond acceptors (Lipinski definition) is 5. The first kappa shape index (κ1) is 28.0. The lowest BCUT2D eigenvalue weighted by Gasteiger charge is -2.23. The van der Waals surface area contributed by atoms with E-state index in [-0.39, 0.29) is 28.7 Å². The topological polar surface area (TPSA) is 83.6 Å². The predicted molar refractivity (Wildman–Crippen MR) is 165 cm³/mol. The van der Waals surface area contributed by atoms with E-state index in [4.69, 9.17) is 11.6 Å². The Hall–Kier alpha value is -3.50. The Balaban J connectivity index is 1.43. The molecule has 4 aromatic carbocycles. The van der Waals surface area contributed by atoms with Crippen molar-refractivity contribution in [2.24, 2.45) is 0 Å². The number of nitrogens with zero attached hydrogens (tertiary/aromatic N) is 1. The van der Waals surface area contributed by atoms with Gasteiger partial charge in [-0.1, -0.05) is 57.9 Å². The highest BCUT2D eigenvalue weighted by Crippen LogP contribution is 2.33. The van der Waals surface area contributed by atoms with Crippen molar-refractivity contribution in [3.05, 3.63) is 123 Å². The van der Waals surface area contributed by atoms with E-state index in [0.29, 0.717) is 26.8 Å². The fourth-order valence-corrected chi connectivity index (χ4v) is 7.11. The van der Waals surface area contributed by atoms with E-state index in [0.717, 1.165) is 14.6 Å². The zero-order chi connectivity index (χ0) is 28.4. The van der Waals surface area contributed by atoms with E-state index in [2.05, 4.69) is 21.2 Å². The van der Waals surface area contributed by atoms with Gasteiger partial charge >= 0.3 is 0 Å². The Morgan fingerprint density at radius 3 is 2.35 bits per heavy atom. The first-order valence-corrected chi connectivity index (χ1v) is 15.6. The third-order valence-electron chi connectivity index (χ3n) is 6.21. The Labute approximate surface area is 249 Å². The summed E-state index contributed by atoms with van der Waals surface area (Å²) in [4.78, 5) is 27.0. The number of halogens is 2. The molecule has 0 saturated heterocycles. The molecule has 5 rings (SSSR count). The molecule has 0 fully saturated rings. The molecule has 0 aliphatic heterocycles. The highest BCUT2D eigenvalue weighted by atomic mass is 79.9. The lowest BCUT2D eigenvalue weighted by molar-refractivity contribution is 0.103. The number of hydrogen-bond donors (Lipinski definition) is 1. The van der Waals surface area contributed by atoms with E-state index in [1.165, 1.54) is 21.7 Å². The number of nitrogens with one attached hydrogen (secondary N) is 1. The normalized spacial score (nSPS) is 11.4. The Bertz CT molecular complexity index is 1840. The number of anilines is 2. The van der Waals surface area contributed by atoms with Crippen molar-refractivity contribution in [3.63, 3.8) is 0 Å². The van der Waals surface area contributed by atoms with E-state index in [1.807, 2.05) is 6.07 Å². The molecule has 1 N–H and O–H groups in total. The average molecular weight is 654 g/mol. The number of ketones is 1. The fraction of sp³-hybridized carbons (Fsp3) is 0.0667. The fourth-order valence-electron chi connectivity index (χ4n) is 4.27. The molecule has 0 spiro atoms. The van der Waals surface area contributed by atoms with Crippen LogP contribution in [0.4, 0.5) is 11.4 Å². The first-order valence-electron chi connectivity index (χ1n) is 12.2. The number of carbonyl (C=O) groups excluding carboxylic acids is 2. The second-order valence-electron chi connectivity index (χ2n) is 8.80. The molecule has 202 valence electrons. The average Bonchev–Trinajstić information content (AvgIpc) is 3.38. The number of thiophene rings is 1. The molecule has 1 aromatic heterocycles. The molecule has 5 aromatic rings. The lowest BCUT2D eigenvalue weighted by Crippen LogP contribution is -2.30. The maximum atomic E-state index is 13.4. The second kappa shape index (κ2) is 11.5. The van der Waals surface area contributed by atoms with Crippen LogP contribution in [0.25, 0.3) is 10.1 Å². The Morgan fingerprint density at radius 2 is 1.65 bits per heavy atom. The molecule has 10 heteroatoms. The van der Waals surface area contributed by atoms with Gasteiger partial charge in [-0.2, -0.15) is 0 Å². The SMILES string of the molecule is CCN(c1ccc2sc(C(=O)Nc3ccc(Cl)cc3C(=O)c3ccccc3)cc2c1)S(=O)(=O)c1ccc(Br)cc1. The summed E-state index contributed by atoms with van der Waals surface area (Å²) in [6.07, 6.45) is 0. The summed E-state index contributed by atoms with van der Waals surface area (Å²) in [6.45, 7) is 2.00. The van der Waals surface area contributed by atoms with Crippen LogP contribution in [-0.4, -0.2) is 26.7 Å². The van der Waals surface area contributed by atoms with Crippen LogP contribution in [-0.2, 0) is 10.0 Å². The quantitative estimate of drug-likeness (QED) is 0.172. The van der Waals surface area contributed by atoms with Crippen molar-refractivity contribution in [1.29, 1.82) is 0 Å². The van der Waals surface area contributed by atoms with Crippen LogP contribution in [0, 0.1) is 0 Å². The van der Waals surface area contributed by atoms with Gasteiger partial charge in [0.1, 0.15) is 0 Å². The summed E-state index contributed by atoms with van der Waals surface area (Å²) in [5.74, 6) is -0.645. The number of fused-ring (bicyclic) bond motifs is 1. The van der Waals surface area contributed by atoms with Crippen LogP contribution >= 0.6 is 38.9 Å². The number of carbonyl (C=O) groups is 2. The number of amides is 1. The molecule has 0 unspecified atom stereocenters. The summed E-state index contributed by atoms with van der Waals surface area (Å²) >= 11 is 10.8. The van der Waals surface area contributed by atoms with Gasteiger partial charge in [0, 0.05) is 31.9 Å². The van der Waals surface area contributed by atoms with Crippen molar-refractivity contribution >= 4 is 82.0 Å². The van der Waals surface area contributed by atoms with Gasteiger partial charge in [-0.3, -0.25) is 13.9 Å². The van der Waals surface area contributed by atoms with E-state index >= 15 is 0 Å². The van der Waals surface area contributed by atoms with Crippen molar-refractivity contribution in [1.82, 2.24) is 0 Å². The highest BCUT2D eigenvalue weighted by molar-refractivity contribution is 9.10. The second-order valence-corrected chi connectivity index (χ2v) is 13.1. The summed E-state index contributed by atoms with van der Waals surface area (Å²) in [5, 5.41) is 3.96. The molecule has 0 aliphatic rings. The van der Waals surface area contributed by atoms with Gasteiger partial charge < -0.3 is 5.32 Å². The van der Waals surface area contributed by atoms with Crippen molar-refractivity contribution in [2.75, 3.05) is 16.2 Å². The largest absolute Gasteiger partial charge is 0.321 e. The number of benzene rings is 4. The maximum absolute atomic E-state index is 13.4. The van der Waals surface area contributed by atoms with E-state index < -0.39 is 10.0 Å². The van der Waals surface area contributed by atoms with Gasteiger partial charge in [-0.05, 0) is 79.0 Å². The molecular weight excluding hydrogens is 632 g/mol. The van der Waals surface area contributed by atoms with E-state index in [1.54, 1.807) is 91.9 Å². The van der Waals surface area contributed by atoms with Crippen LogP contribution in [0.3, 0.4) is 0 Å². The third kappa shape index (κ3) is 5.69. The highest BCUT2D eigenvalue weighted by Gasteiger charge is 2.24. The molecule has 6 nitrogen and oxygen atoms in total. The predicted octanol–water partition coefficient (Wildman–Crippen LogP) is 8.02. The monoisotopic (exact) mass is 652 g/mol. The molecule has 0 saturated carbocycles. The standard InChI is InChI=1S/C30H22BrClN2O4S2/c1-2-34(40(37,38)24-12-8-21(31)9-13-24)23-11-15-27-20(16-23)17-28(39-27)30(36)33-26-14-10-22(32)18-25(26)29(35)19-6-4-3-5-7-19/h3-18H,2H2,1H3,(H,33,36). The molecule has 40 heavy (non-hydrogen) atoms. The molecule has 0 bridgehead atoms. The smallest absolute Gasteiger partial charge is 0.265 e. The minimum absolute atomic E-state index is 0.187. The van der Waals surface area contributed by atoms with Crippen LogP contribution < -0.4 is 9.62 Å². The first-order chi connectivity index (χ1) is 19.2. The summed E-state index contributed by atoms with van der Waals surface area (Å²) in [5.41, 5.74) is 1.61. The summed E-state index contributed by atoms with van der Waals surface area (Å²) in [6, 6.07) is 27.0. The van der Waals surface area contributed by atoms with Gasteiger partial charge in [0.25, 0.3) is 15.9 Å². The molecule has 0 aliphatic carbocycles. The number of sulfonamides is 1.